The molecule has 0 spiro atoms. The highest BCUT2D eigenvalue weighted by atomic mass is 35.5. The van der Waals surface area contributed by atoms with Crippen molar-refractivity contribution in [3.63, 3.8) is 0 Å². The van der Waals surface area contributed by atoms with Gasteiger partial charge in [0.05, 0.1) is 18.6 Å². The molecule has 3 aromatic rings. The summed E-state index contributed by atoms with van der Waals surface area (Å²) in [6.45, 7) is 2.09. The molecule has 8 heteroatoms. The maximum Gasteiger partial charge on any atom is 0.162 e. The highest BCUT2D eigenvalue weighted by Gasteiger charge is 2.38. The van der Waals surface area contributed by atoms with Crippen LogP contribution in [-0.2, 0) is 9.57 Å². The number of fused-ring (bicyclic) bond motifs is 1. The van der Waals surface area contributed by atoms with Crippen molar-refractivity contribution in [2.45, 2.75) is 31.8 Å². The lowest BCUT2D eigenvalue weighted by Crippen LogP contribution is -2.23. The average Bonchev–Trinajstić information content (AvgIpc) is 3.26. The second-order valence-corrected chi connectivity index (χ2v) is 7.19. The fraction of sp³-hybridized carbons (Fsp3) is 0.368. The minimum Gasteiger partial charge on any atom is -0.386 e. The van der Waals surface area contributed by atoms with Gasteiger partial charge in [0.1, 0.15) is 24.3 Å². The van der Waals surface area contributed by atoms with E-state index in [1.807, 2.05) is 29.0 Å². The Hall–Kier alpha value is -2.19. The molecule has 1 fully saturated rings. The lowest BCUT2D eigenvalue weighted by molar-refractivity contribution is -0.0675. The number of nitrogens with one attached hydrogen (secondary N) is 1. The molecule has 3 heterocycles. The molecule has 1 aliphatic heterocycles. The number of hydrogen-bond donors (Lipinski definition) is 2. The summed E-state index contributed by atoms with van der Waals surface area (Å²) in [6.07, 6.45) is 2.94. The largest absolute Gasteiger partial charge is 0.386 e. The zero-order chi connectivity index (χ0) is 19.0. The van der Waals surface area contributed by atoms with E-state index in [1.54, 1.807) is 12.1 Å². The molecule has 1 aromatic carbocycles. The molecule has 0 saturated carbocycles. The standard InChI is InChI=1S/C19H21ClN4O3/c1-11-9-15(27-17(11)16(25)12-3-5-13(20)6-4-12)24-8-7-14-18(23-26-2)21-10-22-19(14)24/h3-8,10-11,15-17,25H,9H2,1-2H3,(H,21,22,23). The van der Waals surface area contributed by atoms with E-state index in [-0.39, 0.29) is 18.2 Å². The van der Waals surface area contributed by atoms with Crippen LogP contribution >= 0.6 is 11.6 Å². The zero-order valence-electron chi connectivity index (χ0n) is 15.0. The van der Waals surface area contributed by atoms with Gasteiger partial charge in [-0.3, -0.25) is 4.84 Å². The Bertz CT molecular complexity index is 930. The number of anilines is 1. The van der Waals surface area contributed by atoms with E-state index in [4.69, 9.17) is 21.2 Å². The molecule has 0 bridgehead atoms. The van der Waals surface area contributed by atoms with Gasteiger partial charge in [0.15, 0.2) is 5.82 Å². The average molecular weight is 389 g/mol. The fourth-order valence-electron chi connectivity index (χ4n) is 3.62. The lowest BCUT2D eigenvalue weighted by atomic mass is 9.94. The molecule has 0 aliphatic carbocycles. The van der Waals surface area contributed by atoms with Crippen molar-refractivity contribution >= 4 is 28.5 Å². The molecule has 7 nitrogen and oxygen atoms in total. The van der Waals surface area contributed by atoms with Crippen LogP contribution in [0.5, 0.6) is 0 Å². The van der Waals surface area contributed by atoms with Crippen molar-refractivity contribution in [2.24, 2.45) is 5.92 Å². The van der Waals surface area contributed by atoms with E-state index in [9.17, 15) is 5.11 Å². The first-order chi connectivity index (χ1) is 13.1. The van der Waals surface area contributed by atoms with E-state index in [0.29, 0.717) is 10.8 Å². The quantitative estimate of drug-likeness (QED) is 0.648. The fourth-order valence-corrected chi connectivity index (χ4v) is 3.74. The Morgan fingerprint density at radius 1 is 1.30 bits per heavy atom. The van der Waals surface area contributed by atoms with Gasteiger partial charge in [0.2, 0.25) is 0 Å². The topological polar surface area (TPSA) is 81.4 Å². The maximum absolute atomic E-state index is 10.8. The summed E-state index contributed by atoms with van der Waals surface area (Å²) >= 11 is 5.94. The molecule has 2 aromatic heterocycles. The van der Waals surface area contributed by atoms with Crippen LogP contribution in [0.1, 0.15) is 31.2 Å². The summed E-state index contributed by atoms with van der Waals surface area (Å²) in [7, 11) is 1.54. The second-order valence-electron chi connectivity index (χ2n) is 6.75. The van der Waals surface area contributed by atoms with Crippen LogP contribution in [-0.4, -0.2) is 32.9 Å². The number of aliphatic hydroxyl groups is 1. The molecule has 4 atom stereocenters. The third-order valence-corrected chi connectivity index (χ3v) is 5.24. The molecule has 0 radical (unpaired) electrons. The Balaban J connectivity index is 1.59. The Kier molecular flexibility index (Phi) is 5.01. The number of ether oxygens (including phenoxy) is 1. The van der Waals surface area contributed by atoms with Crippen LogP contribution in [0.3, 0.4) is 0 Å². The van der Waals surface area contributed by atoms with Gasteiger partial charge in [-0.15, -0.1) is 0 Å². The highest BCUT2D eigenvalue weighted by molar-refractivity contribution is 6.30. The van der Waals surface area contributed by atoms with Crippen molar-refractivity contribution in [2.75, 3.05) is 12.6 Å². The summed E-state index contributed by atoms with van der Waals surface area (Å²) in [4.78, 5) is 13.6. The minimum absolute atomic E-state index is 0.177. The smallest absolute Gasteiger partial charge is 0.162 e. The van der Waals surface area contributed by atoms with E-state index in [0.717, 1.165) is 23.0 Å². The van der Waals surface area contributed by atoms with E-state index in [2.05, 4.69) is 22.4 Å². The van der Waals surface area contributed by atoms with Crippen LogP contribution in [0.15, 0.2) is 42.9 Å². The van der Waals surface area contributed by atoms with Gasteiger partial charge >= 0.3 is 0 Å². The number of rotatable bonds is 5. The SMILES string of the molecule is CONc1ncnc2c1ccn2C1CC(C)C(C(O)c2ccc(Cl)cc2)O1. The third kappa shape index (κ3) is 3.39. The number of hydrogen-bond acceptors (Lipinski definition) is 6. The van der Waals surface area contributed by atoms with Crippen molar-refractivity contribution in [3.05, 3.63) is 53.4 Å². The van der Waals surface area contributed by atoms with Gasteiger partial charge < -0.3 is 14.4 Å². The van der Waals surface area contributed by atoms with E-state index >= 15 is 0 Å². The zero-order valence-corrected chi connectivity index (χ0v) is 15.8. The number of nitrogens with zero attached hydrogens (tertiary/aromatic N) is 3. The molecule has 27 heavy (non-hydrogen) atoms. The third-order valence-electron chi connectivity index (χ3n) is 4.99. The van der Waals surface area contributed by atoms with Gasteiger partial charge in [-0.2, -0.15) is 0 Å². The van der Waals surface area contributed by atoms with Crippen molar-refractivity contribution in [1.29, 1.82) is 0 Å². The Morgan fingerprint density at radius 3 is 2.81 bits per heavy atom. The van der Waals surface area contributed by atoms with Gasteiger partial charge in [-0.25, -0.2) is 15.4 Å². The highest BCUT2D eigenvalue weighted by Crippen LogP contribution is 2.40. The number of benzene rings is 1. The van der Waals surface area contributed by atoms with Gasteiger partial charge in [0, 0.05) is 11.2 Å². The summed E-state index contributed by atoms with van der Waals surface area (Å²) in [6, 6.07) is 9.14. The Labute approximate surface area is 161 Å². The molecule has 2 N–H and O–H groups in total. The first kappa shape index (κ1) is 18.2. The molecule has 4 unspecified atom stereocenters. The minimum atomic E-state index is -0.718. The molecular formula is C19H21ClN4O3. The predicted molar refractivity (Wildman–Crippen MR) is 102 cm³/mol. The Morgan fingerprint density at radius 2 is 2.07 bits per heavy atom. The van der Waals surface area contributed by atoms with Crippen LogP contribution in [0.4, 0.5) is 5.82 Å². The second kappa shape index (κ2) is 7.44. The van der Waals surface area contributed by atoms with E-state index < -0.39 is 6.10 Å². The molecule has 142 valence electrons. The molecule has 4 rings (SSSR count). The number of halogens is 1. The maximum atomic E-state index is 10.8. The number of aliphatic hydroxyl groups excluding tert-OH is 1. The van der Waals surface area contributed by atoms with Crippen LogP contribution < -0.4 is 5.48 Å². The first-order valence-electron chi connectivity index (χ1n) is 8.78. The predicted octanol–water partition coefficient (Wildman–Crippen LogP) is 3.72. The monoisotopic (exact) mass is 388 g/mol. The summed E-state index contributed by atoms with van der Waals surface area (Å²) < 4.78 is 8.22. The van der Waals surface area contributed by atoms with Crippen molar-refractivity contribution in [1.82, 2.24) is 14.5 Å². The lowest BCUT2D eigenvalue weighted by Gasteiger charge is -2.22. The normalized spacial score (nSPS) is 23.6. The first-order valence-corrected chi connectivity index (χ1v) is 9.16. The van der Waals surface area contributed by atoms with Gasteiger partial charge in [-0.05, 0) is 36.1 Å². The van der Waals surface area contributed by atoms with Crippen LogP contribution in [0.2, 0.25) is 5.02 Å². The molecule has 0 amide bonds. The summed E-state index contributed by atoms with van der Waals surface area (Å²) in [5.74, 6) is 0.779. The van der Waals surface area contributed by atoms with Gasteiger partial charge in [-0.1, -0.05) is 30.7 Å². The van der Waals surface area contributed by atoms with E-state index in [1.165, 1.54) is 13.4 Å². The van der Waals surface area contributed by atoms with Gasteiger partial charge in [0.25, 0.3) is 0 Å². The number of aromatic nitrogens is 3. The van der Waals surface area contributed by atoms with Crippen molar-refractivity contribution < 1.29 is 14.7 Å². The molecule has 1 saturated heterocycles. The molecule has 1 aliphatic rings. The van der Waals surface area contributed by atoms with Crippen LogP contribution in [0.25, 0.3) is 11.0 Å². The summed E-state index contributed by atoms with van der Waals surface area (Å²) in [5, 5.41) is 12.3. The van der Waals surface area contributed by atoms with Crippen LogP contribution in [0, 0.1) is 5.92 Å². The molecular weight excluding hydrogens is 368 g/mol. The summed E-state index contributed by atoms with van der Waals surface area (Å²) in [5.41, 5.74) is 4.31. The van der Waals surface area contributed by atoms with Crippen molar-refractivity contribution in [3.8, 4) is 0 Å².